The molecular formula is C10H20F3N3O5. The highest BCUT2D eigenvalue weighted by Gasteiger charge is 2.35. The van der Waals surface area contributed by atoms with Crippen molar-refractivity contribution in [1.82, 2.24) is 0 Å². The Morgan fingerprint density at radius 1 is 1.00 bits per heavy atom. The molecule has 0 aromatic heterocycles. The van der Waals surface area contributed by atoms with Crippen molar-refractivity contribution in [1.29, 1.82) is 0 Å². The predicted molar refractivity (Wildman–Crippen MR) is 66.8 cm³/mol. The number of nitrogens with two attached hydrogens (primary N) is 3. The van der Waals surface area contributed by atoms with Crippen LogP contribution >= 0.6 is 0 Å². The largest absolute Gasteiger partial charge is 0.470 e. The Hall–Kier alpha value is -2.04. The Morgan fingerprint density at radius 3 is 1.57 bits per heavy atom. The third kappa shape index (κ3) is 32.0. The fraction of sp³-hybridized carbons (Fsp3) is 0.700. The second-order valence-electron chi connectivity index (χ2n) is 3.05. The number of hydrogen-bond donors (Lipinski definition) is 3. The van der Waals surface area contributed by atoms with Gasteiger partial charge in [0.05, 0.1) is 6.61 Å². The lowest BCUT2D eigenvalue weighted by atomic mass is 10.5. The van der Waals surface area contributed by atoms with Gasteiger partial charge < -0.3 is 26.7 Å². The van der Waals surface area contributed by atoms with Crippen LogP contribution in [-0.2, 0) is 19.1 Å². The third-order valence-electron chi connectivity index (χ3n) is 1.30. The summed E-state index contributed by atoms with van der Waals surface area (Å²) in [6, 6.07) is 0. The molecule has 8 nitrogen and oxygen atoms in total. The molecule has 0 aromatic carbocycles. The van der Waals surface area contributed by atoms with Crippen LogP contribution in [0.4, 0.5) is 18.0 Å². The monoisotopic (exact) mass is 319 g/mol. The molecule has 0 saturated heterocycles. The predicted octanol–water partition coefficient (Wildman–Crippen LogP) is 0.0339. The Balaban J connectivity index is -0.000000242. The molecule has 0 bridgehead atoms. The van der Waals surface area contributed by atoms with E-state index < -0.39 is 18.2 Å². The maximum absolute atomic E-state index is 10.7. The Labute approximate surface area is 119 Å². The number of primary amides is 3. The summed E-state index contributed by atoms with van der Waals surface area (Å²) >= 11 is 0. The molecule has 11 heteroatoms. The van der Waals surface area contributed by atoms with E-state index in [-0.39, 0.29) is 12.5 Å². The summed E-state index contributed by atoms with van der Waals surface area (Å²) < 4.78 is 41.3. The van der Waals surface area contributed by atoms with E-state index in [0.717, 1.165) is 0 Å². The Kier molecular flexibility index (Phi) is 16.4. The van der Waals surface area contributed by atoms with Gasteiger partial charge in [0.15, 0.2) is 0 Å². The van der Waals surface area contributed by atoms with E-state index >= 15 is 0 Å². The number of amides is 3. The number of ether oxygens (including phenoxy) is 2. The van der Waals surface area contributed by atoms with E-state index in [1.807, 2.05) is 6.92 Å². The molecular weight excluding hydrogens is 299 g/mol. The van der Waals surface area contributed by atoms with Gasteiger partial charge >= 0.3 is 18.2 Å². The van der Waals surface area contributed by atoms with Crippen molar-refractivity contribution in [2.75, 3.05) is 19.8 Å². The highest BCUT2D eigenvalue weighted by atomic mass is 19.4. The second-order valence-corrected chi connectivity index (χ2v) is 3.05. The van der Waals surface area contributed by atoms with Gasteiger partial charge in [-0.2, -0.15) is 13.2 Å². The zero-order valence-corrected chi connectivity index (χ0v) is 11.7. The summed E-state index contributed by atoms with van der Waals surface area (Å²) in [6.45, 7) is 4.87. The number of halogens is 3. The molecule has 126 valence electrons. The first kappa shape index (κ1) is 24.0. The normalized spacial score (nSPS) is 9.38. The summed E-state index contributed by atoms with van der Waals surface area (Å²) in [7, 11) is 0. The average molecular weight is 319 g/mol. The van der Waals surface area contributed by atoms with Crippen molar-refractivity contribution in [3.8, 4) is 0 Å². The smallest absolute Gasteiger partial charge is 0.447 e. The van der Waals surface area contributed by atoms with Crippen molar-refractivity contribution in [3.05, 3.63) is 0 Å². The minimum Gasteiger partial charge on any atom is -0.447 e. The molecule has 0 spiro atoms. The van der Waals surface area contributed by atoms with Crippen LogP contribution in [0, 0.1) is 0 Å². The Bertz CT molecular complexity index is 311. The van der Waals surface area contributed by atoms with Crippen LogP contribution in [-0.4, -0.2) is 43.9 Å². The van der Waals surface area contributed by atoms with Crippen LogP contribution in [0.25, 0.3) is 0 Å². The fourth-order valence-electron chi connectivity index (χ4n) is 0.346. The SMILES string of the molecule is CCC(N)=O.CCOCCOC(N)=O.NC(=O)C(F)(F)F. The summed E-state index contributed by atoms with van der Waals surface area (Å²) in [5.74, 6) is -2.50. The van der Waals surface area contributed by atoms with Crippen molar-refractivity contribution in [2.24, 2.45) is 17.2 Å². The van der Waals surface area contributed by atoms with Gasteiger partial charge in [-0.05, 0) is 6.92 Å². The molecule has 0 aliphatic carbocycles. The van der Waals surface area contributed by atoms with Crippen molar-refractivity contribution in [2.45, 2.75) is 26.4 Å². The molecule has 0 fully saturated rings. The zero-order valence-electron chi connectivity index (χ0n) is 11.7. The minimum atomic E-state index is -4.86. The summed E-state index contributed by atoms with van der Waals surface area (Å²) in [4.78, 5) is 28.6. The number of hydrogen-bond acceptors (Lipinski definition) is 5. The minimum absolute atomic E-state index is 0.239. The molecule has 0 rings (SSSR count). The van der Waals surface area contributed by atoms with Gasteiger partial charge in [0.2, 0.25) is 5.91 Å². The van der Waals surface area contributed by atoms with Crippen LogP contribution < -0.4 is 17.2 Å². The molecule has 21 heavy (non-hydrogen) atoms. The van der Waals surface area contributed by atoms with E-state index in [1.165, 1.54) is 0 Å². The van der Waals surface area contributed by atoms with Gasteiger partial charge in [-0.1, -0.05) is 6.92 Å². The highest BCUT2D eigenvalue weighted by molar-refractivity contribution is 5.79. The first-order chi connectivity index (χ1) is 9.48. The molecule has 0 aromatic rings. The lowest BCUT2D eigenvalue weighted by molar-refractivity contribution is -0.169. The van der Waals surface area contributed by atoms with Crippen molar-refractivity contribution >= 4 is 17.9 Å². The average Bonchev–Trinajstić information content (AvgIpc) is 2.34. The second kappa shape index (κ2) is 14.4. The molecule has 6 N–H and O–H groups in total. The van der Waals surface area contributed by atoms with Gasteiger partial charge in [-0.3, -0.25) is 9.59 Å². The van der Waals surface area contributed by atoms with Gasteiger partial charge in [0, 0.05) is 13.0 Å². The molecule has 0 aliphatic heterocycles. The number of carbonyl (C=O) groups is 3. The van der Waals surface area contributed by atoms with E-state index in [2.05, 4.69) is 21.9 Å². The van der Waals surface area contributed by atoms with Crippen molar-refractivity contribution < 1.29 is 37.0 Å². The third-order valence-corrected chi connectivity index (χ3v) is 1.30. The standard InChI is InChI=1S/C5H11NO3.C3H7NO.C2H2F3NO/c1-2-8-3-4-9-5(6)7;1-2-3(4)5;3-2(4,5)1(6)7/h2-4H2,1H3,(H2,6,7);2H2,1H3,(H2,4,5);(H2,6,7). The number of alkyl halides is 3. The maximum Gasteiger partial charge on any atom is 0.470 e. The molecule has 0 unspecified atom stereocenters. The number of rotatable bonds is 5. The molecule has 3 amide bonds. The van der Waals surface area contributed by atoms with E-state index in [0.29, 0.717) is 19.6 Å². The van der Waals surface area contributed by atoms with Crippen molar-refractivity contribution in [3.63, 3.8) is 0 Å². The zero-order chi connectivity index (χ0) is 17.5. The van der Waals surface area contributed by atoms with Crippen LogP contribution in [0.3, 0.4) is 0 Å². The van der Waals surface area contributed by atoms with Gasteiger partial charge in [-0.15, -0.1) is 0 Å². The first-order valence-corrected chi connectivity index (χ1v) is 5.63. The highest BCUT2D eigenvalue weighted by Crippen LogP contribution is 2.11. The van der Waals surface area contributed by atoms with Crippen LogP contribution in [0.1, 0.15) is 20.3 Å². The fourth-order valence-corrected chi connectivity index (χ4v) is 0.346. The van der Waals surface area contributed by atoms with Crippen LogP contribution in [0.2, 0.25) is 0 Å². The summed E-state index contributed by atoms with van der Waals surface area (Å²) in [6.07, 6.45) is -5.17. The van der Waals surface area contributed by atoms with Gasteiger partial charge in [0.25, 0.3) is 0 Å². The van der Waals surface area contributed by atoms with E-state index in [4.69, 9.17) is 9.53 Å². The molecule has 0 atom stereocenters. The van der Waals surface area contributed by atoms with Gasteiger partial charge in [0.1, 0.15) is 6.61 Å². The lowest BCUT2D eigenvalue weighted by Gasteiger charge is -1.99. The number of carbonyl (C=O) groups excluding carboxylic acids is 3. The Morgan fingerprint density at radius 2 is 1.38 bits per heavy atom. The molecule has 0 aliphatic rings. The molecule has 0 saturated carbocycles. The van der Waals surface area contributed by atoms with Gasteiger partial charge in [-0.25, -0.2) is 4.79 Å². The topological polar surface area (TPSA) is 148 Å². The van der Waals surface area contributed by atoms with Crippen LogP contribution in [0.5, 0.6) is 0 Å². The molecule has 0 heterocycles. The lowest BCUT2D eigenvalue weighted by Crippen LogP contribution is -2.30. The maximum atomic E-state index is 10.7. The molecule has 0 radical (unpaired) electrons. The van der Waals surface area contributed by atoms with E-state index in [9.17, 15) is 22.8 Å². The quantitative estimate of drug-likeness (QED) is 0.612. The summed E-state index contributed by atoms with van der Waals surface area (Å²) in [5.41, 5.74) is 13.1. The van der Waals surface area contributed by atoms with E-state index in [1.54, 1.807) is 6.92 Å². The van der Waals surface area contributed by atoms with Crippen LogP contribution in [0.15, 0.2) is 0 Å². The summed E-state index contributed by atoms with van der Waals surface area (Å²) in [5, 5.41) is 0. The first-order valence-electron chi connectivity index (χ1n) is 5.63.